The molecular formula is C14H20BrNO4. The molecule has 0 aromatic heterocycles. The summed E-state index contributed by atoms with van der Waals surface area (Å²) in [6.07, 6.45) is 6.38. The number of carboxylic acid groups (broad SMARTS) is 1. The molecule has 5 nitrogen and oxygen atoms in total. The normalized spacial score (nSPS) is 26.9. The second kappa shape index (κ2) is 5.99. The molecule has 0 saturated heterocycles. The summed E-state index contributed by atoms with van der Waals surface area (Å²) < 4.78 is 4.24. The molecular weight excluding hydrogens is 326 g/mol. The lowest BCUT2D eigenvalue weighted by Crippen LogP contribution is -2.52. The number of aliphatic carboxylic acids is 1. The van der Waals surface area contributed by atoms with Crippen LogP contribution in [0, 0.1) is 11.8 Å². The van der Waals surface area contributed by atoms with Gasteiger partial charge in [-0.3, -0.25) is 4.79 Å². The van der Waals surface area contributed by atoms with Crippen molar-refractivity contribution in [1.29, 1.82) is 0 Å². The number of hydrogen-bond donors (Lipinski definition) is 2. The topological polar surface area (TPSA) is 75.6 Å². The molecule has 1 aliphatic carbocycles. The van der Waals surface area contributed by atoms with Gasteiger partial charge < -0.3 is 15.2 Å². The number of halogens is 1. The minimum Gasteiger partial charge on any atom is -0.481 e. The van der Waals surface area contributed by atoms with Crippen LogP contribution in [0.1, 0.15) is 27.7 Å². The molecule has 2 N–H and O–H groups in total. The first kappa shape index (κ1) is 16.8. The fraction of sp³-hybridized carbons (Fsp3) is 0.571. The van der Waals surface area contributed by atoms with Gasteiger partial charge in [0.15, 0.2) is 0 Å². The number of carbonyl (C=O) groups is 2. The van der Waals surface area contributed by atoms with Crippen molar-refractivity contribution in [2.24, 2.45) is 11.8 Å². The second-order valence-electron chi connectivity index (χ2n) is 5.79. The first-order valence-corrected chi connectivity index (χ1v) is 7.13. The Labute approximate surface area is 127 Å². The minimum absolute atomic E-state index is 0.419. The van der Waals surface area contributed by atoms with Crippen molar-refractivity contribution in [3.63, 3.8) is 0 Å². The largest absolute Gasteiger partial charge is 0.481 e. The van der Waals surface area contributed by atoms with Gasteiger partial charge in [0, 0.05) is 5.92 Å². The number of amides is 1. The molecule has 2 unspecified atom stereocenters. The summed E-state index contributed by atoms with van der Waals surface area (Å²) >= 11 is 3.43. The summed E-state index contributed by atoms with van der Waals surface area (Å²) in [6.45, 7) is 6.90. The number of nitrogens with one attached hydrogen (secondary N) is 1. The fourth-order valence-electron chi connectivity index (χ4n) is 1.90. The van der Waals surface area contributed by atoms with Gasteiger partial charge in [-0.05, 0) is 26.8 Å². The van der Waals surface area contributed by atoms with Crippen LogP contribution in [0.25, 0.3) is 0 Å². The minimum atomic E-state index is -0.970. The smallest absolute Gasteiger partial charge is 0.409 e. The predicted molar refractivity (Wildman–Crippen MR) is 79.6 cm³/mol. The van der Waals surface area contributed by atoms with Crippen LogP contribution in [-0.4, -0.2) is 27.2 Å². The van der Waals surface area contributed by atoms with E-state index >= 15 is 0 Å². The average molecular weight is 346 g/mol. The van der Waals surface area contributed by atoms with E-state index < -0.39 is 33.9 Å². The van der Waals surface area contributed by atoms with Crippen LogP contribution in [0.4, 0.5) is 4.79 Å². The molecule has 112 valence electrons. The van der Waals surface area contributed by atoms with Crippen molar-refractivity contribution < 1.29 is 19.4 Å². The maximum absolute atomic E-state index is 11.9. The summed E-state index contributed by atoms with van der Waals surface area (Å²) in [7, 11) is 0. The summed E-state index contributed by atoms with van der Waals surface area (Å²) in [5.74, 6) is -2.01. The molecule has 0 saturated carbocycles. The monoisotopic (exact) mass is 345 g/mol. The van der Waals surface area contributed by atoms with Gasteiger partial charge in [0.05, 0.1) is 5.92 Å². The van der Waals surface area contributed by atoms with E-state index in [0.29, 0.717) is 0 Å². The molecule has 0 aromatic carbocycles. The number of carboxylic acids is 1. The summed E-state index contributed by atoms with van der Waals surface area (Å²) in [6, 6.07) is 0. The SMILES string of the molecule is C[C@H](C(=O)O)C1C=CC=CC1(Br)NC(=O)OC(C)(C)C. The number of allylic oxidation sites excluding steroid dienone is 2. The van der Waals surface area contributed by atoms with Crippen molar-refractivity contribution in [1.82, 2.24) is 5.32 Å². The van der Waals surface area contributed by atoms with Gasteiger partial charge >= 0.3 is 12.1 Å². The Kier molecular flexibility index (Phi) is 5.02. The third kappa shape index (κ3) is 4.37. The Morgan fingerprint density at radius 2 is 2.00 bits per heavy atom. The van der Waals surface area contributed by atoms with E-state index in [1.165, 1.54) is 0 Å². The van der Waals surface area contributed by atoms with Crippen LogP contribution in [0.2, 0.25) is 0 Å². The third-order valence-corrected chi connectivity index (χ3v) is 3.87. The quantitative estimate of drug-likeness (QED) is 0.608. The Balaban J connectivity index is 2.88. The van der Waals surface area contributed by atoms with E-state index in [1.54, 1.807) is 52.0 Å². The molecule has 0 fully saturated rings. The van der Waals surface area contributed by atoms with Gasteiger partial charge in [-0.2, -0.15) is 0 Å². The summed E-state index contributed by atoms with van der Waals surface area (Å²) in [5, 5.41) is 11.9. The van der Waals surface area contributed by atoms with E-state index in [4.69, 9.17) is 9.84 Å². The number of alkyl carbamates (subject to hydrolysis) is 1. The Bertz CT molecular complexity index is 453. The van der Waals surface area contributed by atoms with E-state index in [2.05, 4.69) is 21.2 Å². The van der Waals surface area contributed by atoms with Gasteiger partial charge in [-0.1, -0.05) is 41.1 Å². The molecule has 0 bridgehead atoms. The van der Waals surface area contributed by atoms with Crippen LogP contribution in [-0.2, 0) is 9.53 Å². The van der Waals surface area contributed by atoms with Crippen LogP contribution >= 0.6 is 15.9 Å². The lowest BCUT2D eigenvalue weighted by Gasteiger charge is -2.36. The number of hydrogen-bond acceptors (Lipinski definition) is 3. The van der Waals surface area contributed by atoms with Gasteiger partial charge in [-0.15, -0.1) is 0 Å². The first-order valence-electron chi connectivity index (χ1n) is 6.34. The van der Waals surface area contributed by atoms with E-state index in [9.17, 15) is 9.59 Å². The number of ether oxygens (including phenoxy) is 1. The average Bonchev–Trinajstić information content (AvgIpc) is 2.25. The lowest BCUT2D eigenvalue weighted by atomic mass is 9.84. The molecule has 0 spiro atoms. The highest BCUT2D eigenvalue weighted by Gasteiger charge is 2.41. The van der Waals surface area contributed by atoms with Crippen molar-refractivity contribution in [2.75, 3.05) is 0 Å². The molecule has 0 radical (unpaired) electrons. The molecule has 0 aromatic rings. The summed E-state index contributed by atoms with van der Waals surface area (Å²) in [5.41, 5.74) is -0.616. The molecule has 1 amide bonds. The summed E-state index contributed by atoms with van der Waals surface area (Å²) in [4.78, 5) is 23.1. The number of alkyl halides is 1. The molecule has 0 aliphatic heterocycles. The van der Waals surface area contributed by atoms with Crippen molar-refractivity contribution >= 4 is 28.0 Å². The maximum Gasteiger partial charge on any atom is 0.409 e. The maximum atomic E-state index is 11.9. The van der Waals surface area contributed by atoms with Crippen molar-refractivity contribution in [2.45, 2.75) is 37.7 Å². The van der Waals surface area contributed by atoms with Crippen LogP contribution in [0.15, 0.2) is 24.3 Å². The van der Waals surface area contributed by atoms with Gasteiger partial charge in [0.2, 0.25) is 0 Å². The predicted octanol–water partition coefficient (Wildman–Crippen LogP) is 3.07. The highest BCUT2D eigenvalue weighted by Crippen LogP contribution is 2.36. The van der Waals surface area contributed by atoms with E-state index in [-0.39, 0.29) is 0 Å². The molecule has 0 heterocycles. The van der Waals surface area contributed by atoms with Gasteiger partial charge in [0.25, 0.3) is 0 Å². The van der Waals surface area contributed by atoms with Crippen molar-refractivity contribution in [3.05, 3.63) is 24.3 Å². The standard InChI is InChI=1S/C14H20BrNO4/c1-9(11(17)18)10-7-5-6-8-14(10,15)16-12(19)20-13(2,3)4/h5-10H,1-4H3,(H,16,19)(H,17,18)/t9-,10?,14?/m0/s1. The lowest BCUT2D eigenvalue weighted by molar-refractivity contribution is -0.142. The third-order valence-electron chi connectivity index (χ3n) is 2.87. The van der Waals surface area contributed by atoms with Crippen molar-refractivity contribution in [3.8, 4) is 0 Å². The van der Waals surface area contributed by atoms with E-state index in [1.807, 2.05) is 0 Å². The molecule has 1 rings (SSSR count). The second-order valence-corrected chi connectivity index (χ2v) is 7.10. The first-order chi connectivity index (χ1) is 9.05. The molecule has 3 atom stereocenters. The Hall–Kier alpha value is -1.30. The number of carbonyl (C=O) groups excluding carboxylic acids is 1. The zero-order valence-electron chi connectivity index (χ0n) is 12.0. The zero-order valence-corrected chi connectivity index (χ0v) is 13.6. The molecule has 6 heteroatoms. The van der Waals surface area contributed by atoms with Gasteiger partial charge in [-0.25, -0.2) is 4.79 Å². The Morgan fingerprint density at radius 3 is 2.50 bits per heavy atom. The van der Waals surface area contributed by atoms with Gasteiger partial charge in [0.1, 0.15) is 10.0 Å². The van der Waals surface area contributed by atoms with E-state index in [0.717, 1.165) is 0 Å². The zero-order chi connectivity index (χ0) is 15.6. The fourth-order valence-corrected chi connectivity index (χ4v) is 2.76. The number of rotatable bonds is 3. The van der Waals surface area contributed by atoms with Crippen LogP contribution in [0.3, 0.4) is 0 Å². The molecule has 20 heavy (non-hydrogen) atoms. The Morgan fingerprint density at radius 1 is 1.40 bits per heavy atom. The van der Waals surface area contributed by atoms with Crippen LogP contribution in [0.5, 0.6) is 0 Å². The highest BCUT2D eigenvalue weighted by molar-refractivity contribution is 9.10. The highest BCUT2D eigenvalue weighted by atomic mass is 79.9. The molecule has 1 aliphatic rings. The van der Waals surface area contributed by atoms with Crippen LogP contribution < -0.4 is 5.32 Å².